The van der Waals surface area contributed by atoms with Crippen LogP contribution in [0.2, 0.25) is 0 Å². The third-order valence-corrected chi connectivity index (χ3v) is 4.75. The van der Waals surface area contributed by atoms with Crippen LogP contribution in [0.1, 0.15) is 17.4 Å². The number of hydrogen-bond donors (Lipinski definition) is 2. The van der Waals surface area contributed by atoms with Gasteiger partial charge in [-0.15, -0.1) is 21.6 Å². The third kappa shape index (κ3) is 10.7. The summed E-state index contributed by atoms with van der Waals surface area (Å²) in [5, 5.41) is 21.9. The molecule has 0 amide bonds. The van der Waals surface area contributed by atoms with Crippen molar-refractivity contribution >= 4 is 33.8 Å². The molecule has 2 aromatic rings. The van der Waals surface area contributed by atoms with Crippen molar-refractivity contribution in [1.29, 1.82) is 0 Å². The molecule has 33 heavy (non-hydrogen) atoms. The number of rotatable bonds is 18. The van der Waals surface area contributed by atoms with Crippen LogP contribution in [0.3, 0.4) is 0 Å². The number of anilines is 1. The van der Waals surface area contributed by atoms with Crippen molar-refractivity contribution in [2.45, 2.75) is 6.92 Å². The van der Waals surface area contributed by atoms with Crippen LogP contribution in [-0.2, 0) is 18.9 Å². The Morgan fingerprint density at radius 1 is 1.03 bits per heavy atom. The maximum Gasteiger partial charge on any atom is 0.355 e. The molecule has 1 aromatic heterocycles. The van der Waals surface area contributed by atoms with Crippen LogP contribution in [0, 0.1) is 0 Å². The number of thiazole rings is 1. The Hall–Kier alpha value is -2.64. The predicted octanol–water partition coefficient (Wildman–Crippen LogP) is 3.76. The minimum Gasteiger partial charge on any atom is -0.495 e. The highest BCUT2D eigenvalue weighted by Gasteiger charge is 2.08. The van der Waals surface area contributed by atoms with Crippen molar-refractivity contribution in [3.05, 3.63) is 29.3 Å². The summed E-state index contributed by atoms with van der Waals surface area (Å²) < 4.78 is 26.9. The van der Waals surface area contributed by atoms with Gasteiger partial charge in [-0.25, -0.2) is 9.78 Å². The van der Waals surface area contributed by atoms with Crippen molar-refractivity contribution in [2.24, 2.45) is 10.2 Å². The van der Waals surface area contributed by atoms with E-state index < -0.39 is 5.97 Å². The number of benzene rings is 1. The molecule has 0 saturated carbocycles. The molecule has 0 aliphatic carbocycles. The van der Waals surface area contributed by atoms with Gasteiger partial charge in [-0.1, -0.05) is 0 Å². The van der Waals surface area contributed by atoms with Crippen LogP contribution in [0.25, 0.3) is 0 Å². The summed E-state index contributed by atoms with van der Waals surface area (Å²) in [6, 6.07) is 5.32. The fourth-order valence-corrected chi connectivity index (χ4v) is 3.07. The molecular weight excluding hydrogens is 452 g/mol. The summed E-state index contributed by atoms with van der Waals surface area (Å²) in [6.07, 6.45) is 0. The Kier molecular flexibility index (Phi) is 12.9. The summed E-state index contributed by atoms with van der Waals surface area (Å²) in [6.45, 7) is 6.99. The SMILES string of the molecule is CCOCCOCCOCCOCCNc1ccc(N=Nc2nc(C(=O)O)cs2)cc1OC. The molecule has 0 spiro atoms. The van der Waals surface area contributed by atoms with Crippen LogP contribution in [0.4, 0.5) is 16.5 Å². The minimum absolute atomic E-state index is 0.0535. The van der Waals surface area contributed by atoms with Crippen molar-refractivity contribution in [1.82, 2.24) is 4.98 Å². The molecule has 0 aliphatic heterocycles. The number of methoxy groups -OCH3 is 1. The molecule has 0 aliphatic rings. The minimum atomic E-state index is -1.10. The number of carboxylic acid groups (broad SMARTS) is 1. The fourth-order valence-electron chi connectivity index (χ4n) is 2.46. The molecule has 0 radical (unpaired) electrons. The van der Waals surface area contributed by atoms with Gasteiger partial charge in [0.1, 0.15) is 5.75 Å². The lowest BCUT2D eigenvalue weighted by molar-refractivity contribution is 0.000611. The highest BCUT2D eigenvalue weighted by atomic mass is 32.1. The van der Waals surface area contributed by atoms with Crippen molar-refractivity contribution in [3.8, 4) is 5.75 Å². The number of aromatic nitrogens is 1. The van der Waals surface area contributed by atoms with E-state index >= 15 is 0 Å². The average molecular weight is 483 g/mol. The molecule has 0 saturated heterocycles. The van der Waals surface area contributed by atoms with E-state index in [-0.39, 0.29) is 10.8 Å². The van der Waals surface area contributed by atoms with Gasteiger partial charge in [0.25, 0.3) is 0 Å². The molecule has 182 valence electrons. The molecule has 2 N–H and O–H groups in total. The largest absolute Gasteiger partial charge is 0.495 e. The van der Waals surface area contributed by atoms with Gasteiger partial charge in [0.05, 0.1) is 64.7 Å². The Balaban J connectivity index is 1.62. The van der Waals surface area contributed by atoms with Crippen LogP contribution < -0.4 is 10.1 Å². The van der Waals surface area contributed by atoms with E-state index in [0.29, 0.717) is 70.8 Å². The van der Waals surface area contributed by atoms with Gasteiger partial charge in [0.15, 0.2) is 5.69 Å². The van der Waals surface area contributed by atoms with E-state index in [1.807, 2.05) is 13.0 Å². The number of ether oxygens (including phenoxy) is 5. The zero-order valence-electron chi connectivity index (χ0n) is 18.8. The first kappa shape index (κ1) is 26.6. The van der Waals surface area contributed by atoms with Crippen molar-refractivity contribution < 1.29 is 33.6 Å². The van der Waals surface area contributed by atoms with E-state index in [9.17, 15) is 4.79 Å². The van der Waals surface area contributed by atoms with Gasteiger partial charge < -0.3 is 34.1 Å². The number of carboxylic acids is 1. The number of carbonyl (C=O) groups is 1. The average Bonchev–Trinajstić information content (AvgIpc) is 3.30. The van der Waals surface area contributed by atoms with Gasteiger partial charge >= 0.3 is 5.97 Å². The summed E-state index contributed by atoms with van der Waals surface area (Å²) in [5.41, 5.74) is 1.30. The highest BCUT2D eigenvalue weighted by molar-refractivity contribution is 7.13. The monoisotopic (exact) mass is 482 g/mol. The molecule has 0 fully saturated rings. The van der Waals surface area contributed by atoms with Crippen LogP contribution in [0.15, 0.2) is 33.8 Å². The zero-order chi connectivity index (χ0) is 23.7. The lowest BCUT2D eigenvalue weighted by Gasteiger charge is -2.12. The molecule has 12 heteroatoms. The first-order chi connectivity index (χ1) is 16.1. The first-order valence-corrected chi connectivity index (χ1v) is 11.4. The van der Waals surface area contributed by atoms with E-state index in [1.54, 1.807) is 19.2 Å². The summed E-state index contributed by atoms with van der Waals surface area (Å²) in [5.74, 6) is -0.496. The smallest absolute Gasteiger partial charge is 0.355 e. The number of hydrogen-bond acceptors (Lipinski definition) is 11. The molecule has 0 atom stereocenters. The second-order valence-electron chi connectivity index (χ2n) is 6.37. The van der Waals surface area contributed by atoms with E-state index in [4.69, 9.17) is 28.8 Å². The lowest BCUT2D eigenvalue weighted by Crippen LogP contribution is -2.14. The Morgan fingerprint density at radius 3 is 2.30 bits per heavy atom. The molecule has 11 nitrogen and oxygen atoms in total. The van der Waals surface area contributed by atoms with Crippen LogP contribution in [0.5, 0.6) is 5.75 Å². The number of aromatic carboxylic acids is 1. The molecule has 0 bridgehead atoms. The van der Waals surface area contributed by atoms with E-state index in [0.717, 1.165) is 17.0 Å². The maximum atomic E-state index is 10.9. The van der Waals surface area contributed by atoms with E-state index in [2.05, 4.69) is 20.5 Å². The molecule has 1 heterocycles. The molecule has 0 unspecified atom stereocenters. The maximum absolute atomic E-state index is 10.9. The van der Waals surface area contributed by atoms with Crippen molar-refractivity contribution in [2.75, 3.05) is 71.8 Å². The van der Waals surface area contributed by atoms with E-state index in [1.165, 1.54) is 5.38 Å². The number of nitrogens with one attached hydrogen (secondary N) is 1. The second-order valence-corrected chi connectivity index (χ2v) is 7.20. The fraction of sp³-hybridized carbons (Fsp3) is 0.524. The van der Waals surface area contributed by atoms with Gasteiger partial charge in [0, 0.05) is 24.6 Å². The molecule has 2 rings (SSSR count). The normalized spacial score (nSPS) is 11.2. The van der Waals surface area contributed by atoms with Gasteiger partial charge in [-0.3, -0.25) is 0 Å². The quantitative estimate of drug-likeness (QED) is 0.241. The Morgan fingerprint density at radius 2 is 1.70 bits per heavy atom. The first-order valence-electron chi connectivity index (χ1n) is 10.5. The summed E-state index contributed by atoms with van der Waals surface area (Å²) in [7, 11) is 1.57. The topological polar surface area (TPSA) is 133 Å². The van der Waals surface area contributed by atoms with Gasteiger partial charge in [-0.2, -0.15) is 0 Å². The standard InChI is InChI=1S/C21H30N4O7S/c1-3-29-8-9-31-12-13-32-11-10-30-7-6-22-17-5-4-16(14-19(17)28-2)24-25-21-23-18(15-33-21)20(26)27/h4-5,14-15,22H,3,6-13H2,1-2H3,(H,26,27). The zero-order valence-corrected chi connectivity index (χ0v) is 19.6. The van der Waals surface area contributed by atoms with Crippen molar-refractivity contribution in [3.63, 3.8) is 0 Å². The summed E-state index contributed by atoms with van der Waals surface area (Å²) >= 11 is 1.11. The predicted molar refractivity (Wildman–Crippen MR) is 124 cm³/mol. The summed E-state index contributed by atoms with van der Waals surface area (Å²) in [4.78, 5) is 14.7. The van der Waals surface area contributed by atoms with Gasteiger partial charge in [0.2, 0.25) is 5.13 Å². The second kappa shape index (κ2) is 16.0. The molecular formula is C21H30N4O7S. The lowest BCUT2D eigenvalue weighted by atomic mass is 10.2. The Labute approximate surface area is 196 Å². The number of azo groups is 1. The van der Waals surface area contributed by atoms with Gasteiger partial charge in [-0.05, 0) is 19.1 Å². The highest BCUT2D eigenvalue weighted by Crippen LogP contribution is 2.30. The third-order valence-electron chi connectivity index (χ3n) is 4.03. The van der Waals surface area contributed by atoms with Crippen LogP contribution >= 0.6 is 11.3 Å². The number of nitrogens with zero attached hydrogens (tertiary/aromatic N) is 3. The molecule has 1 aromatic carbocycles. The van der Waals surface area contributed by atoms with Crippen LogP contribution in [-0.4, -0.2) is 82.6 Å². The Bertz CT molecular complexity index is 863.